The van der Waals surface area contributed by atoms with E-state index >= 15 is 0 Å². The van der Waals surface area contributed by atoms with Crippen LogP contribution in [0.15, 0.2) is 18.3 Å². The third-order valence-electron chi connectivity index (χ3n) is 3.79. The predicted molar refractivity (Wildman–Crippen MR) is 82.0 cm³/mol. The van der Waals surface area contributed by atoms with E-state index in [2.05, 4.69) is 35.8 Å². The molecule has 0 amide bonds. The maximum absolute atomic E-state index is 5.62. The lowest BCUT2D eigenvalue weighted by Gasteiger charge is -2.22. The second kappa shape index (κ2) is 5.94. The molecule has 104 valence electrons. The molecule has 0 bridgehead atoms. The molecular formula is C14H22N4S. The van der Waals surface area contributed by atoms with Crippen LogP contribution in [0.3, 0.4) is 0 Å². The van der Waals surface area contributed by atoms with Crippen LogP contribution < -0.4 is 5.73 Å². The Balaban J connectivity index is 2.02. The van der Waals surface area contributed by atoms with Crippen molar-refractivity contribution in [3.8, 4) is 0 Å². The first-order valence-electron chi connectivity index (χ1n) is 6.61. The minimum absolute atomic E-state index is 0.364. The van der Waals surface area contributed by atoms with E-state index in [9.17, 15) is 0 Å². The zero-order valence-corrected chi connectivity index (χ0v) is 12.7. The summed E-state index contributed by atoms with van der Waals surface area (Å²) in [6.07, 6.45) is 1.78. The summed E-state index contributed by atoms with van der Waals surface area (Å²) in [4.78, 5) is 9.34. The summed E-state index contributed by atoms with van der Waals surface area (Å²) in [6.45, 7) is 5.50. The van der Waals surface area contributed by atoms with E-state index in [4.69, 9.17) is 18.0 Å². The van der Waals surface area contributed by atoms with E-state index in [0.29, 0.717) is 22.6 Å². The summed E-state index contributed by atoms with van der Waals surface area (Å²) >= 11 is 4.97. The number of nitrogens with two attached hydrogens (primary N) is 1. The fraction of sp³-hybridized carbons (Fsp3) is 0.571. The van der Waals surface area contributed by atoms with E-state index in [1.54, 1.807) is 6.20 Å². The SMILES string of the molecule is CC1CN(Cc2ccnc(C(N)=S)c2)CC1N(C)C. The Morgan fingerprint density at radius 2 is 2.26 bits per heavy atom. The van der Waals surface area contributed by atoms with Crippen LogP contribution in [-0.2, 0) is 6.54 Å². The van der Waals surface area contributed by atoms with Crippen LogP contribution in [0.2, 0.25) is 0 Å². The largest absolute Gasteiger partial charge is 0.388 e. The Morgan fingerprint density at radius 3 is 2.84 bits per heavy atom. The van der Waals surface area contributed by atoms with Crippen LogP contribution in [0.1, 0.15) is 18.2 Å². The minimum Gasteiger partial charge on any atom is -0.388 e. The third-order valence-corrected chi connectivity index (χ3v) is 4.00. The van der Waals surface area contributed by atoms with E-state index in [-0.39, 0.29) is 0 Å². The molecule has 2 N–H and O–H groups in total. The van der Waals surface area contributed by atoms with Gasteiger partial charge in [0.25, 0.3) is 0 Å². The Kier molecular flexibility index (Phi) is 4.50. The maximum atomic E-state index is 5.62. The molecular weight excluding hydrogens is 256 g/mol. The summed E-state index contributed by atoms with van der Waals surface area (Å²) in [5, 5.41) is 0. The number of hydrogen-bond donors (Lipinski definition) is 1. The highest BCUT2D eigenvalue weighted by Gasteiger charge is 2.30. The Hall–Kier alpha value is -1.04. The van der Waals surface area contributed by atoms with Crippen molar-refractivity contribution >= 4 is 17.2 Å². The first-order valence-corrected chi connectivity index (χ1v) is 7.01. The number of likely N-dealkylation sites (N-methyl/N-ethyl adjacent to an activating group) is 1. The predicted octanol–water partition coefficient (Wildman–Crippen LogP) is 1.10. The van der Waals surface area contributed by atoms with Gasteiger partial charge in [-0.2, -0.15) is 0 Å². The Morgan fingerprint density at radius 1 is 1.53 bits per heavy atom. The van der Waals surface area contributed by atoms with Crippen LogP contribution in [0, 0.1) is 5.92 Å². The quantitative estimate of drug-likeness (QED) is 0.836. The van der Waals surface area contributed by atoms with Gasteiger partial charge in [-0.3, -0.25) is 9.88 Å². The van der Waals surface area contributed by atoms with E-state index in [1.165, 1.54) is 5.56 Å². The first-order chi connectivity index (χ1) is 8.97. The summed E-state index contributed by atoms with van der Waals surface area (Å²) in [7, 11) is 4.31. The lowest BCUT2D eigenvalue weighted by Crippen LogP contribution is -2.34. The van der Waals surface area contributed by atoms with Crippen LogP contribution in [0.4, 0.5) is 0 Å². The van der Waals surface area contributed by atoms with Gasteiger partial charge in [0.15, 0.2) is 0 Å². The van der Waals surface area contributed by atoms with Crippen molar-refractivity contribution in [1.82, 2.24) is 14.8 Å². The number of nitrogens with zero attached hydrogens (tertiary/aromatic N) is 3. The zero-order valence-electron chi connectivity index (χ0n) is 11.8. The summed E-state index contributed by atoms with van der Waals surface area (Å²) < 4.78 is 0. The highest BCUT2D eigenvalue weighted by atomic mass is 32.1. The molecule has 19 heavy (non-hydrogen) atoms. The van der Waals surface area contributed by atoms with Gasteiger partial charge >= 0.3 is 0 Å². The molecule has 0 spiro atoms. The molecule has 1 fully saturated rings. The zero-order chi connectivity index (χ0) is 14.0. The lowest BCUT2D eigenvalue weighted by atomic mass is 10.1. The van der Waals surface area contributed by atoms with Gasteiger partial charge in [-0.15, -0.1) is 0 Å². The van der Waals surface area contributed by atoms with Crippen LogP contribution >= 0.6 is 12.2 Å². The molecule has 2 heterocycles. The van der Waals surface area contributed by atoms with Gasteiger partial charge in [0.1, 0.15) is 4.99 Å². The third kappa shape index (κ3) is 3.49. The smallest absolute Gasteiger partial charge is 0.122 e. The molecule has 4 nitrogen and oxygen atoms in total. The van der Waals surface area contributed by atoms with Gasteiger partial charge in [0.2, 0.25) is 0 Å². The number of pyridine rings is 1. The monoisotopic (exact) mass is 278 g/mol. The van der Waals surface area contributed by atoms with Crippen molar-refractivity contribution < 1.29 is 0 Å². The number of thiocarbonyl (C=S) groups is 1. The van der Waals surface area contributed by atoms with Gasteiger partial charge < -0.3 is 10.6 Å². The number of rotatable bonds is 4. The standard InChI is InChI=1S/C14H22N4S/c1-10-7-18(9-13(10)17(2)3)8-11-4-5-16-12(6-11)14(15)19/h4-6,10,13H,7-9H2,1-3H3,(H2,15,19). The van der Waals surface area contributed by atoms with E-state index in [0.717, 1.165) is 19.6 Å². The van der Waals surface area contributed by atoms with Crippen molar-refractivity contribution in [2.45, 2.75) is 19.5 Å². The molecule has 1 aliphatic rings. The van der Waals surface area contributed by atoms with Crippen molar-refractivity contribution in [2.24, 2.45) is 11.7 Å². The molecule has 2 rings (SSSR count). The van der Waals surface area contributed by atoms with Gasteiger partial charge in [-0.25, -0.2) is 0 Å². The van der Waals surface area contributed by atoms with Crippen molar-refractivity contribution in [3.63, 3.8) is 0 Å². The van der Waals surface area contributed by atoms with Crippen LogP contribution in [-0.4, -0.2) is 53.0 Å². The molecule has 1 aromatic heterocycles. The second-order valence-electron chi connectivity index (χ2n) is 5.62. The highest BCUT2D eigenvalue weighted by molar-refractivity contribution is 7.80. The van der Waals surface area contributed by atoms with E-state index < -0.39 is 0 Å². The molecule has 2 atom stereocenters. The number of aromatic nitrogens is 1. The molecule has 1 aromatic rings. The highest BCUT2D eigenvalue weighted by Crippen LogP contribution is 2.21. The lowest BCUT2D eigenvalue weighted by molar-refractivity contribution is 0.250. The first kappa shape index (κ1) is 14.4. The minimum atomic E-state index is 0.364. The Bertz CT molecular complexity index is 461. The number of hydrogen-bond acceptors (Lipinski definition) is 4. The average molecular weight is 278 g/mol. The maximum Gasteiger partial charge on any atom is 0.122 e. The van der Waals surface area contributed by atoms with Gasteiger partial charge in [0.05, 0.1) is 5.69 Å². The topological polar surface area (TPSA) is 45.4 Å². The van der Waals surface area contributed by atoms with Crippen LogP contribution in [0.25, 0.3) is 0 Å². The molecule has 0 aromatic carbocycles. The molecule has 0 radical (unpaired) electrons. The molecule has 1 saturated heterocycles. The van der Waals surface area contributed by atoms with E-state index in [1.807, 2.05) is 12.1 Å². The molecule has 0 aliphatic carbocycles. The second-order valence-corrected chi connectivity index (χ2v) is 6.06. The molecule has 1 aliphatic heterocycles. The van der Waals surface area contributed by atoms with Gasteiger partial charge in [-0.05, 0) is 37.7 Å². The fourth-order valence-electron chi connectivity index (χ4n) is 2.81. The van der Waals surface area contributed by atoms with Crippen molar-refractivity contribution in [2.75, 3.05) is 27.2 Å². The Labute approximate surface area is 120 Å². The van der Waals surface area contributed by atoms with Gasteiger partial charge in [0, 0.05) is 31.9 Å². The summed E-state index contributed by atoms with van der Waals surface area (Å²) in [5.41, 5.74) is 7.56. The molecule has 5 heteroatoms. The fourth-order valence-corrected chi connectivity index (χ4v) is 2.93. The average Bonchev–Trinajstić information content (AvgIpc) is 2.70. The van der Waals surface area contributed by atoms with Crippen molar-refractivity contribution in [1.29, 1.82) is 0 Å². The number of likely N-dealkylation sites (tertiary alicyclic amines) is 1. The summed E-state index contributed by atoms with van der Waals surface area (Å²) in [5.74, 6) is 0.701. The normalized spacial score (nSPS) is 24.0. The van der Waals surface area contributed by atoms with Gasteiger partial charge in [-0.1, -0.05) is 19.1 Å². The van der Waals surface area contributed by atoms with Crippen LogP contribution in [0.5, 0.6) is 0 Å². The molecule has 0 saturated carbocycles. The van der Waals surface area contributed by atoms with Crippen molar-refractivity contribution in [3.05, 3.63) is 29.6 Å². The summed E-state index contributed by atoms with van der Waals surface area (Å²) in [6, 6.07) is 4.67. The molecule has 2 unspecified atom stereocenters.